The van der Waals surface area contributed by atoms with Crippen molar-refractivity contribution in [1.82, 2.24) is 5.32 Å². The summed E-state index contributed by atoms with van der Waals surface area (Å²) in [7, 11) is 0. The van der Waals surface area contributed by atoms with Gasteiger partial charge in [0.15, 0.2) is 0 Å². The molecule has 1 heteroatoms. The van der Waals surface area contributed by atoms with Crippen LogP contribution in [0.3, 0.4) is 0 Å². The molecule has 0 aromatic heterocycles. The van der Waals surface area contributed by atoms with Crippen LogP contribution < -0.4 is 5.32 Å². The molecule has 0 aromatic rings. The molecular formula is C14H29N. The molecule has 0 saturated carbocycles. The van der Waals surface area contributed by atoms with Crippen LogP contribution in [0.2, 0.25) is 0 Å². The van der Waals surface area contributed by atoms with Crippen LogP contribution in [-0.4, -0.2) is 6.54 Å². The molecule has 0 amide bonds. The topological polar surface area (TPSA) is 12.0 Å². The third-order valence-electron chi connectivity index (χ3n) is 2.70. The molecule has 0 rings (SSSR count). The van der Waals surface area contributed by atoms with Gasteiger partial charge >= 0.3 is 0 Å². The second-order valence-electron chi connectivity index (χ2n) is 4.46. The van der Waals surface area contributed by atoms with Crippen LogP contribution in [0.1, 0.15) is 72.1 Å². The van der Waals surface area contributed by atoms with Crippen molar-refractivity contribution in [2.45, 2.75) is 72.1 Å². The number of hydrogen-bond acceptors (Lipinski definition) is 1. The molecule has 0 fully saturated rings. The first-order valence-electron chi connectivity index (χ1n) is 6.70. The van der Waals surface area contributed by atoms with Gasteiger partial charge in [-0.2, -0.15) is 0 Å². The zero-order valence-corrected chi connectivity index (χ0v) is 10.9. The van der Waals surface area contributed by atoms with Gasteiger partial charge in [0.2, 0.25) is 0 Å². The molecule has 15 heavy (non-hydrogen) atoms. The number of rotatable bonds is 10. The Bertz CT molecular complexity index is 149. The van der Waals surface area contributed by atoms with E-state index in [4.69, 9.17) is 0 Å². The van der Waals surface area contributed by atoms with Crippen LogP contribution in [0, 0.1) is 0 Å². The minimum Gasteiger partial charge on any atom is -0.391 e. The normalized spacial score (nSPS) is 11.8. The Kier molecular flexibility index (Phi) is 11.3. The van der Waals surface area contributed by atoms with Gasteiger partial charge in [0.1, 0.15) is 0 Å². The monoisotopic (exact) mass is 211 g/mol. The highest BCUT2D eigenvalue weighted by Crippen LogP contribution is 2.06. The standard InChI is InChI=1S/C14H29N/c1-4-6-8-10-12-15-13-14(3)11-9-7-5-2/h13,15H,4-12H2,1-3H3/b14-13+. The predicted octanol–water partition coefficient (Wildman–Crippen LogP) is 4.64. The van der Waals surface area contributed by atoms with E-state index in [1.54, 1.807) is 0 Å². The third-order valence-corrected chi connectivity index (χ3v) is 2.70. The molecule has 0 spiro atoms. The highest BCUT2D eigenvalue weighted by atomic mass is 14.8. The molecule has 0 aliphatic carbocycles. The summed E-state index contributed by atoms with van der Waals surface area (Å²) in [4.78, 5) is 0. The quantitative estimate of drug-likeness (QED) is 0.519. The molecule has 90 valence electrons. The number of allylic oxidation sites excluding steroid dienone is 1. The smallest absolute Gasteiger partial charge is 0.0141 e. The zero-order valence-electron chi connectivity index (χ0n) is 10.9. The van der Waals surface area contributed by atoms with Crippen LogP contribution in [0.15, 0.2) is 11.8 Å². The van der Waals surface area contributed by atoms with Gasteiger partial charge in [-0.25, -0.2) is 0 Å². The number of unbranched alkanes of at least 4 members (excludes halogenated alkanes) is 5. The second-order valence-corrected chi connectivity index (χ2v) is 4.46. The molecule has 0 bridgehead atoms. The van der Waals surface area contributed by atoms with Gasteiger partial charge in [-0.15, -0.1) is 0 Å². The first kappa shape index (κ1) is 14.5. The zero-order chi connectivity index (χ0) is 11.4. The van der Waals surface area contributed by atoms with Gasteiger partial charge in [0, 0.05) is 6.54 Å². The van der Waals surface area contributed by atoms with Crippen LogP contribution in [-0.2, 0) is 0 Å². The summed E-state index contributed by atoms with van der Waals surface area (Å²) < 4.78 is 0. The van der Waals surface area contributed by atoms with Gasteiger partial charge in [0.25, 0.3) is 0 Å². The Morgan fingerprint density at radius 2 is 1.60 bits per heavy atom. The number of hydrogen-bond donors (Lipinski definition) is 1. The van der Waals surface area contributed by atoms with Crippen molar-refractivity contribution in [2.24, 2.45) is 0 Å². The fourth-order valence-corrected chi connectivity index (χ4v) is 1.63. The van der Waals surface area contributed by atoms with E-state index in [0.717, 1.165) is 6.54 Å². The van der Waals surface area contributed by atoms with Crippen molar-refractivity contribution in [3.63, 3.8) is 0 Å². The first-order chi connectivity index (χ1) is 7.31. The van der Waals surface area contributed by atoms with Crippen LogP contribution in [0.5, 0.6) is 0 Å². The van der Waals surface area contributed by atoms with E-state index in [2.05, 4.69) is 32.3 Å². The molecule has 1 N–H and O–H groups in total. The summed E-state index contributed by atoms with van der Waals surface area (Å²) in [6, 6.07) is 0. The lowest BCUT2D eigenvalue weighted by molar-refractivity contribution is 0.642. The minimum absolute atomic E-state index is 1.14. The lowest BCUT2D eigenvalue weighted by atomic mass is 10.1. The summed E-state index contributed by atoms with van der Waals surface area (Å²) in [5.41, 5.74) is 1.50. The number of nitrogens with one attached hydrogen (secondary N) is 1. The van der Waals surface area contributed by atoms with Gasteiger partial charge in [0.05, 0.1) is 0 Å². The van der Waals surface area contributed by atoms with Gasteiger partial charge in [-0.3, -0.25) is 0 Å². The van der Waals surface area contributed by atoms with Crippen LogP contribution >= 0.6 is 0 Å². The van der Waals surface area contributed by atoms with Crippen molar-refractivity contribution in [1.29, 1.82) is 0 Å². The van der Waals surface area contributed by atoms with Crippen molar-refractivity contribution in [3.05, 3.63) is 11.8 Å². The summed E-state index contributed by atoms with van der Waals surface area (Å²) in [5, 5.41) is 3.41. The summed E-state index contributed by atoms with van der Waals surface area (Å²) in [5.74, 6) is 0. The molecule has 0 aromatic carbocycles. The van der Waals surface area contributed by atoms with E-state index < -0.39 is 0 Å². The Hall–Kier alpha value is -0.460. The molecule has 0 radical (unpaired) electrons. The molecule has 0 saturated heterocycles. The van der Waals surface area contributed by atoms with E-state index in [1.165, 1.54) is 56.9 Å². The minimum atomic E-state index is 1.14. The molecular weight excluding hydrogens is 182 g/mol. The molecule has 0 aliphatic rings. The van der Waals surface area contributed by atoms with Crippen LogP contribution in [0.4, 0.5) is 0 Å². The Labute approximate surface area is 96.3 Å². The van der Waals surface area contributed by atoms with E-state index in [0.29, 0.717) is 0 Å². The first-order valence-corrected chi connectivity index (χ1v) is 6.70. The Balaban J connectivity index is 3.25. The van der Waals surface area contributed by atoms with E-state index in [9.17, 15) is 0 Å². The summed E-state index contributed by atoms with van der Waals surface area (Å²) >= 11 is 0. The SMILES string of the molecule is CCCCCCN/C=C(\C)CCCCC. The van der Waals surface area contributed by atoms with E-state index in [1.807, 2.05) is 0 Å². The maximum atomic E-state index is 3.41. The van der Waals surface area contributed by atoms with Crippen molar-refractivity contribution < 1.29 is 0 Å². The lowest BCUT2D eigenvalue weighted by Gasteiger charge is -2.03. The molecule has 0 unspecified atom stereocenters. The summed E-state index contributed by atoms with van der Waals surface area (Å²) in [6.07, 6.45) is 12.9. The van der Waals surface area contributed by atoms with Gasteiger partial charge in [-0.1, -0.05) is 51.5 Å². The summed E-state index contributed by atoms with van der Waals surface area (Å²) in [6.45, 7) is 7.88. The van der Waals surface area contributed by atoms with Gasteiger partial charge < -0.3 is 5.32 Å². The van der Waals surface area contributed by atoms with Crippen molar-refractivity contribution >= 4 is 0 Å². The molecule has 0 heterocycles. The average molecular weight is 211 g/mol. The van der Waals surface area contributed by atoms with Crippen molar-refractivity contribution in [2.75, 3.05) is 6.54 Å². The van der Waals surface area contributed by atoms with Crippen LogP contribution in [0.25, 0.3) is 0 Å². The molecule has 1 nitrogen and oxygen atoms in total. The molecule has 0 atom stereocenters. The maximum absolute atomic E-state index is 3.41. The second kappa shape index (κ2) is 11.6. The molecule has 0 aliphatic heterocycles. The third kappa shape index (κ3) is 11.5. The highest BCUT2D eigenvalue weighted by molar-refractivity contribution is 4.95. The lowest BCUT2D eigenvalue weighted by Crippen LogP contribution is -2.07. The Morgan fingerprint density at radius 3 is 2.27 bits per heavy atom. The highest BCUT2D eigenvalue weighted by Gasteiger charge is 1.90. The van der Waals surface area contributed by atoms with E-state index >= 15 is 0 Å². The Morgan fingerprint density at radius 1 is 0.933 bits per heavy atom. The van der Waals surface area contributed by atoms with Gasteiger partial charge in [-0.05, 0) is 32.4 Å². The van der Waals surface area contributed by atoms with Crippen molar-refractivity contribution in [3.8, 4) is 0 Å². The maximum Gasteiger partial charge on any atom is 0.0141 e. The fourth-order valence-electron chi connectivity index (χ4n) is 1.63. The average Bonchev–Trinajstić information content (AvgIpc) is 2.23. The van der Waals surface area contributed by atoms with E-state index in [-0.39, 0.29) is 0 Å². The predicted molar refractivity (Wildman–Crippen MR) is 70.0 cm³/mol. The fraction of sp³-hybridized carbons (Fsp3) is 0.857. The largest absolute Gasteiger partial charge is 0.391 e.